The van der Waals surface area contributed by atoms with E-state index in [2.05, 4.69) is 10.6 Å². The molecule has 2 rings (SSSR count). The Balaban J connectivity index is 0.00000242. The van der Waals surface area contributed by atoms with Gasteiger partial charge in [0.15, 0.2) is 0 Å². The van der Waals surface area contributed by atoms with Crippen molar-refractivity contribution in [1.29, 1.82) is 0 Å². The number of nitrogens with one attached hydrogen (secondary N) is 2. The summed E-state index contributed by atoms with van der Waals surface area (Å²) in [6.07, 6.45) is 2.74. The fourth-order valence-corrected chi connectivity index (χ4v) is 3.67. The lowest BCUT2D eigenvalue weighted by Gasteiger charge is -2.65. The van der Waals surface area contributed by atoms with Crippen molar-refractivity contribution in [3.05, 3.63) is 0 Å². The minimum absolute atomic E-state index is 0. The van der Waals surface area contributed by atoms with Gasteiger partial charge in [0.2, 0.25) is 11.8 Å². The molecule has 3 unspecified atom stereocenters. The van der Waals surface area contributed by atoms with Crippen LogP contribution in [0.5, 0.6) is 0 Å². The molecule has 1 heterocycles. The summed E-state index contributed by atoms with van der Waals surface area (Å²) in [5.74, 6) is -0.381. The molecular formula is C15H28ClN3O3. The van der Waals surface area contributed by atoms with Crippen LogP contribution in [-0.4, -0.2) is 43.2 Å². The Kier molecular flexibility index (Phi) is 6.24. The molecule has 1 saturated carbocycles. The van der Waals surface area contributed by atoms with Crippen LogP contribution in [-0.2, 0) is 14.3 Å². The molecule has 0 aromatic rings. The molecule has 0 aromatic carbocycles. The second kappa shape index (κ2) is 7.15. The number of carbonyl (C=O) groups excluding carboxylic acids is 2. The van der Waals surface area contributed by atoms with Crippen molar-refractivity contribution in [1.82, 2.24) is 10.6 Å². The zero-order valence-corrected chi connectivity index (χ0v) is 14.4. The summed E-state index contributed by atoms with van der Waals surface area (Å²) in [6, 6.07) is 0. The first-order valence-electron chi connectivity index (χ1n) is 7.81. The van der Waals surface area contributed by atoms with Crippen molar-refractivity contribution in [3.63, 3.8) is 0 Å². The van der Waals surface area contributed by atoms with Gasteiger partial charge in [0, 0.05) is 24.5 Å². The molecule has 3 atom stereocenters. The maximum atomic E-state index is 12.5. The van der Waals surface area contributed by atoms with E-state index in [1.165, 1.54) is 0 Å². The largest absolute Gasteiger partial charge is 0.377 e. The van der Waals surface area contributed by atoms with E-state index in [0.29, 0.717) is 6.54 Å². The van der Waals surface area contributed by atoms with Crippen LogP contribution < -0.4 is 16.4 Å². The van der Waals surface area contributed by atoms with Crippen LogP contribution in [0.4, 0.5) is 0 Å². The van der Waals surface area contributed by atoms with E-state index < -0.39 is 11.0 Å². The zero-order chi connectivity index (χ0) is 15.7. The second-order valence-electron chi connectivity index (χ2n) is 6.66. The number of halogens is 1. The normalized spacial score (nSPS) is 32.0. The van der Waals surface area contributed by atoms with Crippen molar-refractivity contribution >= 4 is 24.2 Å². The van der Waals surface area contributed by atoms with Crippen LogP contribution in [0, 0.1) is 11.3 Å². The smallest absolute Gasteiger partial charge is 0.241 e. The highest BCUT2D eigenvalue weighted by atomic mass is 35.5. The quantitative estimate of drug-likeness (QED) is 0.686. The molecule has 7 heteroatoms. The minimum atomic E-state index is -0.955. The van der Waals surface area contributed by atoms with Gasteiger partial charge >= 0.3 is 0 Å². The standard InChI is InChI=1S/C15H27N3O3.ClH/c1-4-7-17-11(19)9-18-13(20)15(16)10-6-5-8-21-12(10)14(15,2)3;/h10,12H,4-9,16H2,1-3H3,(H,17,19)(H,18,20);1H. The number of ether oxygens (including phenoxy) is 1. The topological polar surface area (TPSA) is 93.5 Å². The fraction of sp³-hybridized carbons (Fsp3) is 0.867. The van der Waals surface area contributed by atoms with Gasteiger partial charge in [-0.1, -0.05) is 20.8 Å². The van der Waals surface area contributed by atoms with Crippen LogP contribution in [0.2, 0.25) is 0 Å². The lowest BCUT2D eigenvalue weighted by molar-refractivity contribution is -0.225. The summed E-state index contributed by atoms with van der Waals surface area (Å²) in [5, 5.41) is 5.42. The molecular weight excluding hydrogens is 306 g/mol. The van der Waals surface area contributed by atoms with E-state index >= 15 is 0 Å². The molecule has 1 saturated heterocycles. The zero-order valence-electron chi connectivity index (χ0n) is 13.6. The molecule has 0 aromatic heterocycles. The predicted molar refractivity (Wildman–Crippen MR) is 86.7 cm³/mol. The molecule has 2 aliphatic rings. The number of hydrogen-bond donors (Lipinski definition) is 3. The van der Waals surface area contributed by atoms with Crippen LogP contribution in [0.25, 0.3) is 0 Å². The van der Waals surface area contributed by atoms with Gasteiger partial charge in [-0.25, -0.2) is 0 Å². The van der Waals surface area contributed by atoms with Crippen LogP contribution >= 0.6 is 12.4 Å². The van der Waals surface area contributed by atoms with Gasteiger partial charge in [-0.15, -0.1) is 12.4 Å². The second-order valence-corrected chi connectivity index (χ2v) is 6.66. The molecule has 0 bridgehead atoms. The molecule has 4 N–H and O–H groups in total. The summed E-state index contributed by atoms with van der Waals surface area (Å²) in [5.41, 5.74) is 5.07. The molecule has 0 spiro atoms. The highest BCUT2D eigenvalue weighted by Crippen LogP contribution is 2.57. The number of hydrogen-bond acceptors (Lipinski definition) is 4. The average Bonchev–Trinajstić information content (AvgIpc) is 2.49. The van der Waals surface area contributed by atoms with Crippen LogP contribution in [0.15, 0.2) is 0 Å². The third-order valence-electron chi connectivity index (χ3n) is 5.04. The molecule has 22 heavy (non-hydrogen) atoms. The van der Waals surface area contributed by atoms with Crippen LogP contribution in [0.3, 0.4) is 0 Å². The Bertz CT molecular complexity index is 430. The Labute approximate surface area is 138 Å². The summed E-state index contributed by atoms with van der Waals surface area (Å²) in [6.45, 7) is 7.25. The summed E-state index contributed by atoms with van der Waals surface area (Å²) < 4.78 is 5.78. The minimum Gasteiger partial charge on any atom is -0.377 e. The highest BCUT2D eigenvalue weighted by Gasteiger charge is 2.70. The summed E-state index contributed by atoms with van der Waals surface area (Å²) >= 11 is 0. The lowest BCUT2D eigenvalue weighted by Crippen LogP contribution is -2.82. The van der Waals surface area contributed by atoms with E-state index in [1.807, 2.05) is 20.8 Å². The van der Waals surface area contributed by atoms with Crippen molar-refractivity contribution in [2.75, 3.05) is 19.7 Å². The fourth-order valence-electron chi connectivity index (χ4n) is 3.67. The first-order valence-corrected chi connectivity index (χ1v) is 7.81. The first-order chi connectivity index (χ1) is 9.85. The number of nitrogens with two attached hydrogens (primary N) is 1. The van der Waals surface area contributed by atoms with Crippen molar-refractivity contribution in [3.8, 4) is 0 Å². The number of fused-ring (bicyclic) bond motifs is 1. The molecule has 1 aliphatic carbocycles. The number of carbonyl (C=O) groups is 2. The molecule has 2 fully saturated rings. The van der Waals surface area contributed by atoms with E-state index in [0.717, 1.165) is 25.9 Å². The third-order valence-corrected chi connectivity index (χ3v) is 5.04. The van der Waals surface area contributed by atoms with E-state index in [4.69, 9.17) is 10.5 Å². The molecule has 6 nitrogen and oxygen atoms in total. The Hall–Kier alpha value is -0.850. The van der Waals surface area contributed by atoms with E-state index in [1.54, 1.807) is 0 Å². The average molecular weight is 334 g/mol. The lowest BCUT2D eigenvalue weighted by atomic mass is 9.46. The highest BCUT2D eigenvalue weighted by molar-refractivity contribution is 5.92. The van der Waals surface area contributed by atoms with Crippen molar-refractivity contribution in [2.24, 2.45) is 17.1 Å². The summed E-state index contributed by atoms with van der Waals surface area (Å²) in [4.78, 5) is 24.1. The van der Waals surface area contributed by atoms with Crippen molar-refractivity contribution in [2.45, 2.75) is 51.7 Å². The summed E-state index contributed by atoms with van der Waals surface area (Å²) in [7, 11) is 0. The van der Waals surface area contributed by atoms with Gasteiger partial charge in [-0.3, -0.25) is 9.59 Å². The molecule has 1 aliphatic heterocycles. The van der Waals surface area contributed by atoms with Gasteiger partial charge in [0.25, 0.3) is 0 Å². The van der Waals surface area contributed by atoms with Gasteiger partial charge < -0.3 is 21.1 Å². The first kappa shape index (κ1) is 19.2. The molecule has 0 radical (unpaired) electrons. The molecule has 128 valence electrons. The SMILES string of the molecule is CCCNC(=O)CNC(=O)C1(N)C2CCCOC2C1(C)C.Cl. The predicted octanol–water partition coefficient (Wildman–Crippen LogP) is 0.583. The Morgan fingerprint density at radius 2 is 2.00 bits per heavy atom. The van der Waals surface area contributed by atoms with Gasteiger partial charge in [0.1, 0.15) is 5.54 Å². The number of rotatable bonds is 5. The van der Waals surface area contributed by atoms with Gasteiger partial charge in [0.05, 0.1) is 12.6 Å². The Morgan fingerprint density at radius 1 is 1.32 bits per heavy atom. The maximum absolute atomic E-state index is 12.5. The monoisotopic (exact) mass is 333 g/mol. The van der Waals surface area contributed by atoms with Gasteiger partial charge in [-0.05, 0) is 19.3 Å². The van der Waals surface area contributed by atoms with E-state index in [-0.39, 0.29) is 42.8 Å². The van der Waals surface area contributed by atoms with Gasteiger partial charge in [-0.2, -0.15) is 0 Å². The number of amides is 2. The maximum Gasteiger partial charge on any atom is 0.241 e. The van der Waals surface area contributed by atoms with Crippen molar-refractivity contribution < 1.29 is 14.3 Å². The van der Waals surface area contributed by atoms with Crippen LogP contribution in [0.1, 0.15) is 40.0 Å². The molecule has 2 amide bonds. The van der Waals surface area contributed by atoms with E-state index in [9.17, 15) is 9.59 Å². The Morgan fingerprint density at radius 3 is 2.64 bits per heavy atom. The third kappa shape index (κ3) is 2.96.